The van der Waals surface area contributed by atoms with Gasteiger partial charge in [0.2, 0.25) is 5.91 Å². The summed E-state index contributed by atoms with van der Waals surface area (Å²) in [5.74, 6) is 1.39. The summed E-state index contributed by atoms with van der Waals surface area (Å²) < 4.78 is 11.6. The normalized spacial score (nSPS) is 10.4. The van der Waals surface area contributed by atoms with Crippen molar-refractivity contribution in [2.75, 3.05) is 30.4 Å². The van der Waals surface area contributed by atoms with Crippen molar-refractivity contribution in [3.63, 3.8) is 0 Å². The van der Waals surface area contributed by atoms with E-state index in [-0.39, 0.29) is 12.5 Å². The van der Waals surface area contributed by atoms with Gasteiger partial charge in [0.1, 0.15) is 11.5 Å². The third-order valence-corrected chi connectivity index (χ3v) is 4.95. The molecule has 0 aromatic heterocycles. The summed E-state index contributed by atoms with van der Waals surface area (Å²) in [4.78, 5) is 12.4. The van der Waals surface area contributed by atoms with E-state index >= 15 is 0 Å². The zero-order valence-electron chi connectivity index (χ0n) is 18.7. The van der Waals surface area contributed by atoms with Gasteiger partial charge in [0.25, 0.3) is 0 Å². The first kappa shape index (κ1) is 23.2. The summed E-state index contributed by atoms with van der Waals surface area (Å²) in [6.45, 7) is 3.61. The molecule has 0 fully saturated rings. The van der Waals surface area contributed by atoms with Gasteiger partial charge in [0, 0.05) is 5.69 Å². The first-order chi connectivity index (χ1) is 15.7. The van der Waals surface area contributed by atoms with E-state index < -0.39 is 0 Å². The van der Waals surface area contributed by atoms with Crippen LogP contribution in [-0.4, -0.2) is 25.7 Å². The van der Waals surface area contributed by atoms with E-state index in [0.717, 1.165) is 43.7 Å². The monoisotopic (exact) mass is 432 g/mol. The number of nitrogens with one attached hydrogen (secondary N) is 2. The molecular formula is C27H32N2O3. The average molecular weight is 433 g/mol. The summed E-state index contributed by atoms with van der Waals surface area (Å²) in [5.41, 5.74) is 2.84. The third-order valence-electron chi connectivity index (χ3n) is 4.95. The molecule has 3 rings (SSSR count). The van der Waals surface area contributed by atoms with Crippen LogP contribution in [0.1, 0.15) is 31.7 Å². The molecule has 0 saturated heterocycles. The molecule has 0 unspecified atom stereocenters. The van der Waals surface area contributed by atoms with Gasteiger partial charge in [-0.3, -0.25) is 4.79 Å². The second kappa shape index (κ2) is 13.1. The Bertz CT molecular complexity index is 943. The molecule has 1 amide bonds. The maximum absolute atomic E-state index is 12.4. The summed E-state index contributed by atoms with van der Waals surface area (Å²) in [6, 6.07) is 25.5. The number of carbonyl (C=O) groups excluding carboxylic acids is 1. The lowest BCUT2D eigenvalue weighted by Crippen LogP contribution is -2.22. The fourth-order valence-corrected chi connectivity index (χ4v) is 3.18. The number of unbranched alkanes of at least 4 members (excludes halogenated alkanes) is 1. The van der Waals surface area contributed by atoms with E-state index in [1.807, 2.05) is 66.7 Å². The molecule has 5 nitrogen and oxygen atoms in total. The number of hydrogen-bond acceptors (Lipinski definition) is 4. The Morgan fingerprint density at radius 2 is 1.53 bits per heavy atom. The zero-order valence-corrected chi connectivity index (χ0v) is 18.7. The number of ether oxygens (including phenoxy) is 2. The van der Waals surface area contributed by atoms with Gasteiger partial charge in [-0.1, -0.05) is 55.8 Å². The molecular weight excluding hydrogens is 400 g/mol. The number of benzene rings is 3. The molecule has 3 aromatic carbocycles. The highest BCUT2D eigenvalue weighted by atomic mass is 16.5. The van der Waals surface area contributed by atoms with Crippen LogP contribution in [-0.2, 0) is 11.2 Å². The quantitative estimate of drug-likeness (QED) is 0.329. The lowest BCUT2D eigenvalue weighted by molar-refractivity contribution is -0.114. The second-order valence-corrected chi connectivity index (χ2v) is 7.56. The Hall–Kier alpha value is -3.47. The largest absolute Gasteiger partial charge is 0.494 e. The van der Waals surface area contributed by atoms with E-state index in [4.69, 9.17) is 9.47 Å². The van der Waals surface area contributed by atoms with Crippen molar-refractivity contribution in [1.82, 2.24) is 0 Å². The van der Waals surface area contributed by atoms with Gasteiger partial charge >= 0.3 is 0 Å². The molecule has 0 aliphatic rings. The van der Waals surface area contributed by atoms with Crippen molar-refractivity contribution in [1.29, 1.82) is 0 Å². The van der Waals surface area contributed by atoms with Crippen molar-refractivity contribution in [2.45, 2.75) is 32.6 Å². The minimum absolute atomic E-state index is 0.131. The van der Waals surface area contributed by atoms with Crippen LogP contribution in [0.4, 0.5) is 11.4 Å². The topological polar surface area (TPSA) is 59.6 Å². The second-order valence-electron chi connectivity index (χ2n) is 7.56. The molecule has 32 heavy (non-hydrogen) atoms. The van der Waals surface area contributed by atoms with E-state index in [1.165, 1.54) is 5.56 Å². The van der Waals surface area contributed by atoms with Gasteiger partial charge in [-0.05, 0) is 61.2 Å². The molecule has 0 bridgehead atoms. The van der Waals surface area contributed by atoms with Crippen molar-refractivity contribution in [2.24, 2.45) is 0 Å². The van der Waals surface area contributed by atoms with Crippen LogP contribution in [0.3, 0.4) is 0 Å². The molecule has 0 atom stereocenters. The van der Waals surface area contributed by atoms with Crippen LogP contribution < -0.4 is 20.1 Å². The first-order valence-electron chi connectivity index (χ1n) is 11.3. The summed E-state index contributed by atoms with van der Waals surface area (Å²) in [7, 11) is 0. The number of hydrogen-bond donors (Lipinski definition) is 2. The van der Waals surface area contributed by atoms with Gasteiger partial charge in [-0.2, -0.15) is 0 Å². The van der Waals surface area contributed by atoms with E-state index in [0.29, 0.717) is 18.0 Å². The fraction of sp³-hybridized carbons (Fsp3) is 0.296. The Labute approximate surface area is 190 Å². The van der Waals surface area contributed by atoms with Gasteiger partial charge < -0.3 is 20.1 Å². The zero-order chi connectivity index (χ0) is 22.4. The van der Waals surface area contributed by atoms with Crippen molar-refractivity contribution in [3.05, 3.63) is 84.4 Å². The Morgan fingerprint density at radius 3 is 2.31 bits per heavy atom. The smallest absolute Gasteiger partial charge is 0.243 e. The molecule has 0 heterocycles. The van der Waals surface area contributed by atoms with E-state index in [1.54, 1.807) is 0 Å². The van der Waals surface area contributed by atoms with Crippen LogP contribution in [0.2, 0.25) is 0 Å². The lowest BCUT2D eigenvalue weighted by Gasteiger charge is -2.13. The molecule has 3 aromatic rings. The number of aryl methyl sites for hydroxylation is 1. The highest BCUT2D eigenvalue weighted by Gasteiger charge is 2.08. The highest BCUT2D eigenvalue weighted by molar-refractivity contribution is 5.95. The first-order valence-corrected chi connectivity index (χ1v) is 11.3. The Kier molecular flexibility index (Phi) is 9.46. The van der Waals surface area contributed by atoms with Crippen LogP contribution in [0.25, 0.3) is 0 Å². The van der Waals surface area contributed by atoms with Gasteiger partial charge in [0.15, 0.2) is 0 Å². The average Bonchev–Trinajstić information content (AvgIpc) is 2.83. The van der Waals surface area contributed by atoms with Crippen molar-refractivity contribution >= 4 is 17.3 Å². The minimum Gasteiger partial charge on any atom is -0.494 e. The lowest BCUT2D eigenvalue weighted by atomic mass is 10.1. The van der Waals surface area contributed by atoms with Crippen LogP contribution in [0, 0.1) is 0 Å². The Morgan fingerprint density at radius 1 is 0.812 bits per heavy atom. The SMILES string of the molecule is CCCCOc1ccc(NCC(=O)Nc2ccccc2OCCCc2ccccc2)cc1. The standard InChI is InChI=1S/C27H32N2O3/c1-2-3-19-31-24-17-15-23(16-18-24)28-21-27(30)29-25-13-7-8-14-26(25)32-20-9-12-22-10-5-4-6-11-22/h4-8,10-11,13-18,28H,2-3,9,12,19-21H2,1H3,(H,29,30). The molecule has 2 N–H and O–H groups in total. The number of amides is 1. The molecule has 0 radical (unpaired) electrons. The number of rotatable bonds is 13. The molecule has 0 aliphatic carbocycles. The predicted molar refractivity (Wildman–Crippen MR) is 131 cm³/mol. The van der Waals surface area contributed by atoms with Crippen molar-refractivity contribution in [3.8, 4) is 11.5 Å². The minimum atomic E-state index is -0.131. The summed E-state index contributed by atoms with van der Waals surface area (Å²) >= 11 is 0. The molecule has 0 saturated carbocycles. The summed E-state index contributed by atoms with van der Waals surface area (Å²) in [6.07, 6.45) is 4.02. The number of para-hydroxylation sites is 2. The van der Waals surface area contributed by atoms with Crippen molar-refractivity contribution < 1.29 is 14.3 Å². The van der Waals surface area contributed by atoms with Gasteiger partial charge in [-0.15, -0.1) is 0 Å². The van der Waals surface area contributed by atoms with E-state index in [9.17, 15) is 4.79 Å². The maximum Gasteiger partial charge on any atom is 0.243 e. The number of carbonyl (C=O) groups is 1. The van der Waals surface area contributed by atoms with Crippen LogP contribution >= 0.6 is 0 Å². The third kappa shape index (κ3) is 7.99. The predicted octanol–water partition coefficient (Wildman–Crippen LogP) is 5.93. The summed E-state index contributed by atoms with van der Waals surface area (Å²) in [5, 5.41) is 6.07. The van der Waals surface area contributed by atoms with Gasteiger partial charge in [-0.25, -0.2) is 0 Å². The molecule has 0 aliphatic heterocycles. The maximum atomic E-state index is 12.4. The van der Waals surface area contributed by atoms with E-state index in [2.05, 4.69) is 29.7 Å². The van der Waals surface area contributed by atoms with Crippen LogP contribution in [0.5, 0.6) is 11.5 Å². The highest BCUT2D eigenvalue weighted by Crippen LogP contribution is 2.24. The fourth-order valence-electron chi connectivity index (χ4n) is 3.18. The number of anilines is 2. The molecule has 0 spiro atoms. The molecule has 168 valence electrons. The van der Waals surface area contributed by atoms with Gasteiger partial charge in [0.05, 0.1) is 25.4 Å². The Balaban J connectivity index is 1.42. The molecule has 5 heteroatoms. The van der Waals surface area contributed by atoms with Crippen LogP contribution in [0.15, 0.2) is 78.9 Å².